The fourth-order valence-corrected chi connectivity index (χ4v) is 3.78. The normalized spacial score (nSPS) is 23.1. The number of para-hydroxylation sites is 1. The van der Waals surface area contributed by atoms with Crippen LogP contribution in [0, 0.1) is 0 Å². The van der Waals surface area contributed by atoms with Gasteiger partial charge in [-0.1, -0.05) is 24.3 Å². The van der Waals surface area contributed by atoms with Crippen molar-refractivity contribution in [1.29, 1.82) is 0 Å². The van der Waals surface area contributed by atoms with Crippen molar-refractivity contribution in [2.45, 2.75) is 18.9 Å². The molecule has 2 heterocycles. The fraction of sp³-hybridized carbons (Fsp3) is 0.450. The van der Waals surface area contributed by atoms with Crippen LogP contribution in [0.4, 0.5) is 5.69 Å². The molecule has 25 heavy (non-hydrogen) atoms. The first-order valence-electron chi connectivity index (χ1n) is 9.34. The third-order valence-corrected chi connectivity index (χ3v) is 5.21. The van der Waals surface area contributed by atoms with Crippen LogP contribution in [0.15, 0.2) is 53.2 Å². The van der Waals surface area contributed by atoms with Crippen LogP contribution in [0.2, 0.25) is 0 Å². The number of aliphatic imine (C=N–C) groups is 1. The summed E-state index contributed by atoms with van der Waals surface area (Å²) in [4.78, 5) is 10.1. The molecule has 1 aliphatic carbocycles. The van der Waals surface area contributed by atoms with E-state index >= 15 is 0 Å². The van der Waals surface area contributed by atoms with Gasteiger partial charge in [-0.25, -0.2) is 4.99 Å². The Morgan fingerprint density at radius 1 is 1.16 bits per heavy atom. The van der Waals surface area contributed by atoms with E-state index in [1.165, 1.54) is 11.3 Å². The molecule has 1 saturated heterocycles. The quantitative estimate of drug-likeness (QED) is 0.886. The van der Waals surface area contributed by atoms with Crippen molar-refractivity contribution in [3.05, 3.63) is 53.8 Å². The van der Waals surface area contributed by atoms with Crippen LogP contribution in [0.25, 0.3) is 0 Å². The summed E-state index contributed by atoms with van der Waals surface area (Å²) in [6, 6.07) is 8.84. The predicted octanol–water partition coefficient (Wildman–Crippen LogP) is 2.04. The lowest BCUT2D eigenvalue weighted by atomic mass is 10.1. The second-order valence-electron chi connectivity index (χ2n) is 6.90. The summed E-state index contributed by atoms with van der Waals surface area (Å²) in [5.74, 6) is 1.12. The number of hydrogen-bond donors (Lipinski definition) is 2. The monoisotopic (exact) mass is 337 g/mol. The molecule has 1 aromatic carbocycles. The summed E-state index contributed by atoms with van der Waals surface area (Å²) >= 11 is 0. The van der Waals surface area contributed by atoms with Crippen LogP contribution in [0.5, 0.6) is 0 Å². The van der Waals surface area contributed by atoms with E-state index in [1.807, 2.05) is 0 Å². The third kappa shape index (κ3) is 3.48. The first kappa shape index (κ1) is 16.4. The minimum Gasteiger partial charge on any atom is -0.376 e. The minimum atomic E-state index is 0.273. The molecule has 2 aliphatic heterocycles. The molecule has 3 aliphatic rings. The molecular weight excluding hydrogens is 310 g/mol. The molecule has 0 radical (unpaired) electrons. The lowest BCUT2D eigenvalue weighted by Crippen LogP contribution is -2.49. The summed E-state index contributed by atoms with van der Waals surface area (Å²) in [7, 11) is 0. The first-order valence-corrected chi connectivity index (χ1v) is 9.34. The van der Waals surface area contributed by atoms with Gasteiger partial charge in [-0.3, -0.25) is 4.90 Å². The van der Waals surface area contributed by atoms with E-state index in [2.05, 4.69) is 57.6 Å². The van der Waals surface area contributed by atoms with Crippen molar-refractivity contribution in [1.82, 2.24) is 9.80 Å². The van der Waals surface area contributed by atoms with Gasteiger partial charge < -0.3 is 16.0 Å². The number of amidine groups is 1. The molecule has 1 atom stereocenters. The van der Waals surface area contributed by atoms with Crippen molar-refractivity contribution in [2.75, 3.05) is 44.6 Å². The second kappa shape index (κ2) is 7.42. The number of piperazine rings is 1. The molecule has 1 unspecified atom stereocenters. The first-order chi connectivity index (χ1) is 12.3. The second-order valence-corrected chi connectivity index (χ2v) is 6.90. The smallest absolute Gasteiger partial charge is 0.138 e. The number of hydrogen-bond acceptors (Lipinski definition) is 5. The molecule has 4 rings (SSSR count). The standard InChI is InChI=1S/C20H27N5/c21-10-5-11-24-12-14-25(15-13-24)20-16-6-1-2-7-17(16)22-18-8-3-4-9-19(18)23-20/h1-4,6-7,9,18,22H,5,8,10-15,21H2. The Morgan fingerprint density at radius 2 is 2.00 bits per heavy atom. The summed E-state index contributed by atoms with van der Waals surface area (Å²) in [6.07, 6.45) is 8.54. The molecule has 0 bridgehead atoms. The number of nitrogens with one attached hydrogen (secondary N) is 1. The average molecular weight is 337 g/mol. The van der Waals surface area contributed by atoms with E-state index in [-0.39, 0.29) is 6.04 Å². The third-order valence-electron chi connectivity index (χ3n) is 5.21. The van der Waals surface area contributed by atoms with Gasteiger partial charge in [-0.15, -0.1) is 0 Å². The number of nitrogens with zero attached hydrogens (tertiary/aromatic N) is 3. The van der Waals surface area contributed by atoms with Crippen LogP contribution >= 0.6 is 0 Å². The molecule has 1 fully saturated rings. The van der Waals surface area contributed by atoms with Gasteiger partial charge in [-0.05, 0) is 44.1 Å². The maximum Gasteiger partial charge on any atom is 0.138 e. The minimum absolute atomic E-state index is 0.273. The van der Waals surface area contributed by atoms with Crippen molar-refractivity contribution in [3.8, 4) is 0 Å². The molecule has 0 aromatic heterocycles. The van der Waals surface area contributed by atoms with Gasteiger partial charge in [0.15, 0.2) is 0 Å². The Morgan fingerprint density at radius 3 is 2.84 bits per heavy atom. The highest BCUT2D eigenvalue weighted by Crippen LogP contribution is 2.29. The zero-order valence-electron chi connectivity index (χ0n) is 14.7. The van der Waals surface area contributed by atoms with Crippen LogP contribution in [-0.2, 0) is 0 Å². The zero-order valence-corrected chi connectivity index (χ0v) is 14.7. The van der Waals surface area contributed by atoms with Crippen molar-refractivity contribution in [3.63, 3.8) is 0 Å². The number of fused-ring (bicyclic) bond motifs is 2. The van der Waals surface area contributed by atoms with Gasteiger partial charge in [0.25, 0.3) is 0 Å². The van der Waals surface area contributed by atoms with Crippen molar-refractivity contribution < 1.29 is 0 Å². The predicted molar refractivity (Wildman–Crippen MR) is 104 cm³/mol. The van der Waals surface area contributed by atoms with Gasteiger partial charge in [0, 0.05) is 37.4 Å². The van der Waals surface area contributed by atoms with E-state index in [4.69, 9.17) is 10.7 Å². The molecular formula is C20H27N5. The maximum atomic E-state index is 5.65. The van der Waals surface area contributed by atoms with Crippen LogP contribution in [0.3, 0.4) is 0 Å². The van der Waals surface area contributed by atoms with E-state index in [1.54, 1.807) is 0 Å². The molecule has 3 N–H and O–H groups in total. The van der Waals surface area contributed by atoms with Crippen LogP contribution in [0.1, 0.15) is 18.4 Å². The van der Waals surface area contributed by atoms with Gasteiger partial charge >= 0.3 is 0 Å². The Balaban J connectivity index is 1.59. The van der Waals surface area contributed by atoms with Gasteiger partial charge in [0.05, 0.1) is 11.7 Å². The van der Waals surface area contributed by atoms with Crippen LogP contribution < -0.4 is 11.1 Å². The van der Waals surface area contributed by atoms with Gasteiger partial charge in [0.1, 0.15) is 5.84 Å². The lowest BCUT2D eigenvalue weighted by Gasteiger charge is -2.36. The highest BCUT2D eigenvalue weighted by molar-refractivity contribution is 6.05. The topological polar surface area (TPSA) is 56.9 Å². The highest BCUT2D eigenvalue weighted by Gasteiger charge is 2.27. The summed E-state index contributed by atoms with van der Waals surface area (Å²) in [5, 5.41) is 3.68. The Labute approximate surface area is 149 Å². The maximum absolute atomic E-state index is 5.65. The Bertz CT molecular complexity index is 698. The van der Waals surface area contributed by atoms with E-state index in [0.29, 0.717) is 0 Å². The van der Waals surface area contributed by atoms with Crippen LogP contribution in [-0.4, -0.2) is 60.9 Å². The fourth-order valence-electron chi connectivity index (χ4n) is 3.78. The number of rotatable bonds is 3. The Hall–Kier alpha value is -2.11. The van der Waals surface area contributed by atoms with Gasteiger partial charge in [-0.2, -0.15) is 0 Å². The SMILES string of the molecule is NCCCN1CCN(C2=NC3=CC=CCC3Nc3ccccc32)CC1. The largest absolute Gasteiger partial charge is 0.376 e. The van der Waals surface area contributed by atoms with Crippen molar-refractivity contribution in [2.24, 2.45) is 10.7 Å². The van der Waals surface area contributed by atoms with E-state index in [0.717, 1.165) is 63.6 Å². The lowest BCUT2D eigenvalue weighted by molar-refractivity contribution is 0.181. The highest BCUT2D eigenvalue weighted by atomic mass is 15.3. The molecule has 5 heteroatoms. The number of nitrogens with two attached hydrogens (primary N) is 1. The van der Waals surface area contributed by atoms with Crippen molar-refractivity contribution >= 4 is 11.5 Å². The number of anilines is 1. The molecule has 0 spiro atoms. The molecule has 0 amide bonds. The number of benzene rings is 1. The summed E-state index contributed by atoms with van der Waals surface area (Å²) < 4.78 is 0. The molecule has 1 aromatic rings. The van der Waals surface area contributed by atoms with E-state index < -0.39 is 0 Å². The zero-order chi connectivity index (χ0) is 17.1. The summed E-state index contributed by atoms with van der Waals surface area (Å²) in [6.45, 7) is 6.08. The average Bonchev–Trinajstić information content (AvgIpc) is 2.83. The molecule has 0 saturated carbocycles. The summed E-state index contributed by atoms with van der Waals surface area (Å²) in [5.41, 5.74) is 9.19. The molecule has 132 valence electrons. The van der Waals surface area contributed by atoms with Gasteiger partial charge in [0.2, 0.25) is 0 Å². The number of allylic oxidation sites excluding steroid dienone is 2. The van der Waals surface area contributed by atoms with E-state index in [9.17, 15) is 0 Å². The Kier molecular flexibility index (Phi) is 4.85. The molecule has 5 nitrogen and oxygen atoms in total.